The van der Waals surface area contributed by atoms with Crippen LogP contribution in [0.15, 0.2) is 78.1 Å². The Bertz CT molecular complexity index is 1390. The van der Waals surface area contributed by atoms with E-state index in [0.29, 0.717) is 10.6 Å². The molecule has 2 N–H and O–H groups in total. The minimum absolute atomic E-state index is 0.0261. The van der Waals surface area contributed by atoms with Gasteiger partial charge in [-0.15, -0.1) is 11.3 Å². The molecule has 2 aromatic heterocycles. The third-order valence-corrected chi connectivity index (χ3v) is 7.57. The fourth-order valence-corrected chi connectivity index (χ4v) is 5.53. The minimum Gasteiger partial charge on any atom is -0.318 e. The number of hydrazine groups is 1. The highest BCUT2D eigenvalue weighted by molar-refractivity contribution is 8.00. The van der Waals surface area contributed by atoms with Crippen molar-refractivity contribution < 1.29 is 14.4 Å². The Kier molecular flexibility index (Phi) is 5.76. The van der Waals surface area contributed by atoms with E-state index in [4.69, 9.17) is 0 Å². The molecule has 4 aromatic rings. The van der Waals surface area contributed by atoms with Crippen LogP contribution < -0.4 is 10.7 Å². The highest BCUT2D eigenvalue weighted by atomic mass is 32.2. The van der Waals surface area contributed by atoms with Gasteiger partial charge in [-0.05, 0) is 24.1 Å². The molecule has 0 spiro atoms. The third-order valence-electron chi connectivity index (χ3n) is 5.47. The molecule has 1 atom stereocenters. The maximum Gasteiger partial charge on any atom is 0.344 e. The maximum absolute atomic E-state index is 13.0. The molecule has 10 heteroatoms. The summed E-state index contributed by atoms with van der Waals surface area (Å²) < 4.78 is 0. The number of urea groups is 1. The van der Waals surface area contributed by atoms with Crippen LogP contribution in [0.1, 0.15) is 12.5 Å². The van der Waals surface area contributed by atoms with Crippen molar-refractivity contribution in [3.8, 4) is 10.4 Å². The van der Waals surface area contributed by atoms with Crippen molar-refractivity contribution in [3.63, 3.8) is 0 Å². The summed E-state index contributed by atoms with van der Waals surface area (Å²) in [5.74, 6) is -1.06. The molecule has 0 unspecified atom stereocenters. The number of fused-ring (bicyclic) bond motifs is 1. The first-order chi connectivity index (χ1) is 16.5. The predicted octanol–water partition coefficient (Wildman–Crippen LogP) is 3.95. The average molecular weight is 490 g/mol. The lowest BCUT2D eigenvalue weighted by Crippen LogP contribution is -2.48. The number of hydrogen-bond acceptors (Lipinski definition) is 7. The van der Waals surface area contributed by atoms with E-state index in [1.807, 2.05) is 42.5 Å². The van der Waals surface area contributed by atoms with E-state index in [0.717, 1.165) is 25.7 Å². The topological polar surface area (TPSA) is 104 Å². The molecule has 1 saturated heterocycles. The fourth-order valence-electron chi connectivity index (χ4n) is 3.69. The van der Waals surface area contributed by atoms with Crippen LogP contribution in [-0.4, -0.2) is 38.6 Å². The van der Waals surface area contributed by atoms with Crippen LogP contribution in [0.5, 0.6) is 0 Å². The van der Waals surface area contributed by atoms with Gasteiger partial charge < -0.3 is 5.32 Å². The molecule has 0 saturated carbocycles. The van der Waals surface area contributed by atoms with Crippen molar-refractivity contribution in [2.75, 3.05) is 5.75 Å². The Labute approximate surface area is 203 Å². The molecule has 2 aromatic carbocycles. The van der Waals surface area contributed by atoms with E-state index in [1.165, 1.54) is 18.1 Å². The van der Waals surface area contributed by atoms with Gasteiger partial charge in [0.15, 0.2) is 0 Å². The van der Waals surface area contributed by atoms with Gasteiger partial charge in [-0.2, -0.15) is 5.01 Å². The lowest BCUT2D eigenvalue weighted by molar-refractivity contribution is -0.138. The van der Waals surface area contributed by atoms with Gasteiger partial charge in [0, 0.05) is 10.3 Å². The number of nitrogens with zero attached hydrogens (tertiary/aromatic N) is 3. The highest BCUT2D eigenvalue weighted by Gasteiger charge is 2.49. The van der Waals surface area contributed by atoms with Crippen molar-refractivity contribution in [1.29, 1.82) is 0 Å². The Hall–Kier alpha value is -3.76. The van der Waals surface area contributed by atoms with Crippen molar-refractivity contribution in [2.45, 2.75) is 17.5 Å². The van der Waals surface area contributed by atoms with Gasteiger partial charge in [-0.3, -0.25) is 15.0 Å². The summed E-state index contributed by atoms with van der Waals surface area (Å²) in [6, 6.07) is 20.2. The third kappa shape index (κ3) is 4.02. The molecule has 0 radical (unpaired) electrons. The summed E-state index contributed by atoms with van der Waals surface area (Å²) in [5, 5.41) is 4.92. The zero-order valence-corrected chi connectivity index (χ0v) is 19.7. The lowest BCUT2D eigenvalue weighted by atomic mass is 9.92. The van der Waals surface area contributed by atoms with Crippen LogP contribution in [0, 0.1) is 0 Å². The van der Waals surface area contributed by atoms with Gasteiger partial charge in [0.05, 0.1) is 5.75 Å². The first-order valence-electron chi connectivity index (χ1n) is 10.4. The second-order valence-corrected chi connectivity index (χ2v) is 9.75. The Morgan fingerprint density at radius 3 is 2.53 bits per heavy atom. The number of amides is 4. The maximum atomic E-state index is 13.0. The summed E-state index contributed by atoms with van der Waals surface area (Å²) in [6.07, 6.45) is 1.47. The molecule has 0 bridgehead atoms. The molecule has 1 aliphatic rings. The molecule has 8 nitrogen and oxygen atoms in total. The van der Waals surface area contributed by atoms with Gasteiger partial charge >= 0.3 is 6.03 Å². The van der Waals surface area contributed by atoms with Crippen molar-refractivity contribution in [2.24, 2.45) is 0 Å². The van der Waals surface area contributed by atoms with Crippen LogP contribution in [0.25, 0.3) is 20.7 Å². The molecule has 34 heavy (non-hydrogen) atoms. The van der Waals surface area contributed by atoms with E-state index < -0.39 is 23.4 Å². The van der Waals surface area contributed by atoms with Gasteiger partial charge in [0.1, 0.15) is 21.7 Å². The van der Waals surface area contributed by atoms with E-state index in [9.17, 15) is 14.4 Å². The zero-order valence-electron chi connectivity index (χ0n) is 18.0. The van der Waals surface area contributed by atoms with Crippen LogP contribution in [0.4, 0.5) is 4.79 Å². The smallest absolute Gasteiger partial charge is 0.318 e. The number of carbonyl (C=O) groups excluding carboxylic acids is 3. The number of benzene rings is 2. The first-order valence-corrected chi connectivity index (χ1v) is 12.2. The fraction of sp³-hybridized carbons (Fsp3) is 0.125. The number of carbonyl (C=O) groups is 3. The Morgan fingerprint density at radius 1 is 1.09 bits per heavy atom. The summed E-state index contributed by atoms with van der Waals surface area (Å²) in [5.41, 5.74) is 2.89. The van der Waals surface area contributed by atoms with Gasteiger partial charge in [-0.1, -0.05) is 72.4 Å². The molecule has 1 fully saturated rings. The molecule has 0 aliphatic carbocycles. The number of rotatable bonds is 6. The second-order valence-electron chi connectivity index (χ2n) is 7.76. The summed E-state index contributed by atoms with van der Waals surface area (Å²) >= 11 is 2.77. The SMILES string of the molecule is C[C@]1(c2ccccc2)NC(=O)N(NC(=O)CSc2ncnc3sc(-c4ccccc4)cc23)C1=O. The Morgan fingerprint density at radius 2 is 1.79 bits per heavy atom. The van der Waals surface area contributed by atoms with Crippen molar-refractivity contribution in [3.05, 3.63) is 78.6 Å². The number of aromatic nitrogens is 2. The molecule has 1 aliphatic heterocycles. The van der Waals surface area contributed by atoms with E-state index in [-0.39, 0.29) is 5.75 Å². The van der Waals surface area contributed by atoms with E-state index >= 15 is 0 Å². The molecule has 170 valence electrons. The molecular formula is C24H19N5O3S2. The van der Waals surface area contributed by atoms with Gasteiger partial charge in [-0.25, -0.2) is 14.8 Å². The number of thiophene rings is 1. The van der Waals surface area contributed by atoms with Crippen LogP contribution >= 0.6 is 23.1 Å². The molecule has 4 amide bonds. The first kappa shape index (κ1) is 22.1. The van der Waals surface area contributed by atoms with Crippen molar-refractivity contribution in [1.82, 2.24) is 25.7 Å². The zero-order chi connectivity index (χ0) is 23.7. The Balaban J connectivity index is 1.28. The van der Waals surface area contributed by atoms with Crippen LogP contribution in [-0.2, 0) is 15.1 Å². The lowest BCUT2D eigenvalue weighted by Gasteiger charge is -2.22. The molecule has 3 heterocycles. The van der Waals surface area contributed by atoms with Crippen LogP contribution in [0.2, 0.25) is 0 Å². The summed E-state index contributed by atoms with van der Waals surface area (Å²) in [4.78, 5) is 48.6. The normalized spacial score (nSPS) is 17.7. The quantitative estimate of drug-likeness (QED) is 0.241. The largest absolute Gasteiger partial charge is 0.344 e. The summed E-state index contributed by atoms with van der Waals surface area (Å²) in [7, 11) is 0. The highest BCUT2D eigenvalue weighted by Crippen LogP contribution is 2.36. The average Bonchev–Trinajstić information content (AvgIpc) is 3.40. The van der Waals surface area contributed by atoms with E-state index in [2.05, 4.69) is 20.7 Å². The standard InChI is InChI=1S/C24H19N5O3S2/c1-24(16-10-6-3-7-11-16)22(31)29(23(32)27-24)28-19(30)13-33-20-17-12-18(15-8-4-2-5-9-15)34-21(17)26-14-25-20/h2-12,14H,13H2,1H3,(H,27,32)(H,28,30)/t24-/m1/s1. The number of hydrogen-bond donors (Lipinski definition) is 2. The van der Waals surface area contributed by atoms with Crippen LogP contribution in [0.3, 0.4) is 0 Å². The summed E-state index contributed by atoms with van der Waals surface area (Å²) in [6.45, 7) is 1.61. The number of thioether (sulfide) groups is 1. The minimum atomic E-state index is -1.25. The number of imide groups is 1. The predicted molar refractivity (Wildman–Crippen MR) is 131 cm³/mol. The van der Waals surface area contributed by atoms with Gasteiger partial charge in [0.2, 0.25) is 5.91 Å². The van der Waals surface area contributed by atoms with E-state index in [1.54, 1.807) is 42.5 Å². The molecular weight excluding hydrogens is 470 g/mol. The van der Waals surface area contributed by atoms with Crippen molar-refractivity contribution >= 4 is 51.2 Å². The number of nitrogens with one attached hydrogen (secondary N) is 2. The van der Waals surface area contributed by atoms with Gasteiger partial charge in [0.25, 0.3) is 5.91 Å². The second kappa shape index (κ2) is 8.88. The monoisotopic (exact) mass is 489 g/mol. The molecule has 5 rings (SSSR count).